The van der Waals surface area contributed by atoms with Crippen LogP contribution in [0.2, 0.25) is 0 Å². The van der Waals surface area contributed by atoms with Crippen molar-refractivity contribution in [1.82, 2.24) is 0 Å². The predicted molar refractivity (Wildman–Crippen MR) is 59.0 cm³/mol. The van der Waals surface area contributed by atoms with Crippen LogP contribution in [0.15, 0.2) is 18.7 Å². The average molecular weight is 252 g/mol. The van der Waals surface area contributed by atoms with E-state index in [9.17, 15) is 19.5 Å². The summed E-state index contributed by atoms with van der Waals surface area (Å²) in [6, 6.07) is 1.43. The minimum Gasteiger partial charge on any atom is -0.508 e. The summed E-state index contributed by atoms with van der Waals surface area (Å²) in [5.41, 5.74) is -2.18. The summed E-state index contributed by atoms with van der Waals surface area (Å²) in [6.07, 6.45) is 0. The Labute approximate surface area is 100 Å². The van der Waals surface area contributed by atoms with Crippen molar-refractivity contribution in [2.24, 2.45) is 0 Å². The highest BCUT2D eigenvalue weighted by Crippen LogP contribution is 2.22. The quantitative estimate of drug-likeness (QED) is 0.594. The fraction of sp³-hybridized carbons (Fsp3) is 0. The van der Waals surface area contributed by atoms with Crippen molar-refractivity contribution in [3.8, 4) is 0 Å². The molecule has 0 aliphatic rings. The number of rotatable bonds is 4. The Hall–Kier alpha value is -2.83. The van der Waals surface area contributed by atoms with E-state index in [4.69, 9.17) is 15.3 Å². The lowest BCUT2D eigenvalue weighted by atomic mass is 9.97. The maximum atomic E-state index is 10.9. The lowest BCUT2D eigenvalue weighted by molar-refractivity contribution is 0.0649. The van der Waals surface area contributed by atoms with Gasteiger partial charge in [0.05, 0.1) is 16.7 Å². The molecule has 1 aromatic rings. The Bertz CT molecular complexity index is 473. The third kappa shape index (κ3) is 2.29. The molecule has 4 N–H and O–H groups in total. The number of hydrogen-bond donors (Lipinski definition) is 4. The van der Waals surface area contributed by atoms with E-state index < -0.39 is 40.4 Å². The third-order valence-electron chi connectivity index (χ3n) is 2.16. The third-order valence-corrected chi connectivity index (χ3v) is 2.16. The van der Waals surface area contributed by atoms with Crippen LogP contribution in [-0.4, -0.2) is 38.3 Å². The van der Waals surface area contributed by atoms with Crippen LogP contribution in [0.5, 0.6) is 0 Å². The molecular weight excluding hydrogens is 244 g/mol. The Morgan fingerprint density at radius 1 is 0.722 bits per heavy atom. The molecule has 0 amide bonds. The second-order valence-corrected chi connectivity index (χ2v) is 3.31. The molecule has 0 atom stereocenters. The number of carbonyl (C=O) groups is 3. The molecule has 0 spiro atoms. The molecular formula is C11H8O7. The summed E-state index contributed by atoms with van der Waals surface area (Å²) < 4.78 is 0. The van der Waals surface area contributed by atoms with E-state index in [0.717, 1.165) is 6.07 Å². The minimum atomic E-state index is -1.58. The van der Waals surface area contributed by atoms with Crippen LogP contribution in [0.4, 0.5) is 0 Å². The van der Waals surface area contributed by atoms with Gasteiger partial charge < -0.3 is 20.4 Å². The Morgan fingerprint density at radius 2 is 1.00 bits per heavy atom. The fourth-order valence-electron chi connectivity index (χ4n) is 1.37. The number of aliphatic hydroxyl groups excluding tert-OH is 1. The number of benzene rings is 1. The first-order chi connectivity index (χ1) is 8.25. The van der Waals surface area contributed by atoms with Crippen molar-refractivity contribution in [3.63, 3.8) is 0 Å². The Kier molecular flexibility index (Phi) is 3.37. The molecule has 7 nitrogen and oxygen atoms in total. The van der Waals surface area contributed by atoms with E-state index in [0.29, 0.717) is 6.07 Å². The number of aliphatic hydroxyl groups is 1. The van der Waals surface area contributed by atoms with Crippen LogP contribution in [0.25, 0.3) is 5.76 Å². The topological polar surface area (TPSA) is 132 Å². The molecule has 0 heterocycles. The molecule has 0 saturated carbocycles. The molecule has 0 bridgehead atoms. The second-order valence-electron chi connectivity index (χ2n) is 3.31. The van der Waals surface area contributed by atoms with E-state index in [1.54, 1.807) is 0 Å². The molecule has 0 aromatic heterocycles. The van der Waals surface area contributed by atoms with Gasteiger partial charge >= 0.3 is 17.9 Å². The average Bonchev–Trinajstić information content (AvgIpc) is 2.26. The van der Waals surface area contributed by atoms with Gasteiger partial charge in [-0.3, -0.25) is 0 Å². The first kappa shape index (κ1) is 13.2. The van der Waals surface area contributed by atoms with Gasteiger partial charge in [-0.2, -0.15) is 0 Å². The summed E-state index contributed by atoms with van der Waals surface area (Å²) in [5, 5.41) is 35.7. The highest BCUT2D eigenvalue weighted by atomic mass is 16.4. The first-order valence-electron chi connectivity index (χ1n) is 4.52. The Morgan fingerprint density at radius 3 is 1.28 bits per heavy atom. The van der Waals surface area contributed by atoms with Crippen molar-refractivity contribution in [2.45, 2.75) is 0 Å². The molecule has 1 rings (SSSR count). The zero-order valence-corrected chi connectivity index (χ0v) is 8.88. The molecule has 7 heteroatoms. The van der Waals surface area contributed by atoms with Crippen LogP contribution < -0.4 is 0 Å². The molecule has 94 valence electrons. The van der Waals surface area contributed by atoms with E-state index in [1.165, 1.54) is 0 Å². The predicted octanol–water partition coefficient (Wildman–Crippen LogP) is 1.31. The van der Waals surface area contributed by atoms with Gasteiger partial charge in [0.1, 0.15) is 5.76 Å². The summed E-state index contributed by atoms with van der Waals surface area (Å²) in [6.45, 7) is 3.10. The summed E-state index contributed by atoms with van der Waals surface area (Å²) in [5.74, 6) is -5.29. The van der Waals surface area contributed by atoms with Crippen LogP contribution >= 0.6 is 0 Å². The van der Waals surface area contributed by atoms with Crippen molar-refractivity contribution in [1.29, 1.82) is 0 Å². The first-order valence-corrected chi connectivity index (χ1v) is 4.52. The van der Waals surface area contributed by atoms with E-state index >= 15 is 0 Å². The maximum absolute atomic E-state index is 10.9. The summed E-state index contributed by atoms with van der Waals surface area (Å²) in [7, 11) is 0. The standard InChI is InChI=1S/C11H8O7/c1-4(12)5-2-7(10(15)16)8(11(17)18)3-6(5)9(13)14/h2-3,12H,1H2,(H,13,14)(H,15,16)(H,17,18). The molecule has 0 radical (unpaired) electrons. The molecule has 0 aliphatic heterocycles. The number of aromatic carboxylic acids is 3. The lowest BCUT2D eigenvalue weighted by Crippen LogP contribution is -2.13. The molecule has 1 aromatic carbocycles. The zero-order valence-electron chi connectivity index (χ0n) is 8.88. The molecule has 0 aliphatic carbocycles. The van der Waals surface area contributed by atoms with Gasteiger partial charge in [-0.15, -0.1) is 0 Å². The van der Waals surface area contributed by atoms with Crippen LogP contribution in [-0.2, 0) is 0 Å². The minimum absolute atomic E-state index is 0.343. The van der Waals surface area contributed by atoms with Crippen molar-refractivity contribution >= 4 is 23.7 Å². The van der Waals surface area contributed by atoms with E-state index in [1.807, 2.05) is 0 Å². The van der Waals surface area contributed by atoms with Gasteiger partial charge in [-0.1, -0.05) is 6.58 Å². The summed E-state index contributed by atoms with van der Waals surface area (Å²) >= 11 is 0. The fourth-order valence-corrected chi connectivity index (χ4v) is 1.37. The van der Waals surface area contributed by atoms with Crippen LogP contribution in [0.1, 0.15) is 36.6 Å². The monoisotopic (exact) mass is 252 g/mol. The number of carboxylic acids is 3. The van der Waals surface area contributed by atoms with Gasteiger partial charge in [0.15, 0.2) is 0 Å². The normalized spacial score (nSPS) is 9.78. The maximum Gasteiger partial charge on any atom is 0.336 e. The molecule has 0 saturated heterocycles. The smallest absolute Gasteiger partial charge is 0.336 e. The number of hydrogen-bond acceptors (Lipinski definition) is 4. The SMILES string of the molecule is C=C(O)c1cc(C(=O)O)c(C(=O)O)cc1C(=O)O. The number of carboxylic acid groups (broad SMARTS) is 3. The molecule has 0 fully saturated rings. The summed E-state index contributed by atoms with van der Waals surface area (Å²) in [4.78, 5) is 32.6. The Balaban J connectivity index is 3.71. The van der Waals surface area contributed by atoms with Crippen molar-refractivity contribution in [2.75, 3.05) is 0 Å². The van der Waals surface area contributed by atoms with Crippen molar-refractivity contribution < 1.29 is 34.8 Å². The molecule has 18 heavy (non-hydrogen) atoms. The van der Waals surface area contributed by atoms with Crippen molar-refractivity contribution in [3.05, 3.63) is 41.0 Å². The van der Waals surface area contributed by atoms with Crippen LogP contribution in [0.3, 0.4) is 0 Å². The van der Waals surface area contributed by atoms with Gasteiger partial charge in [0, 0.05) is 5.56 Å². The van der Waals surface area contributed by atoms with Gasteiger partial charge in [-0.25, -0.2) is 14.4 Å². The van der Waals surface area contributed by atoms with Crippen LogP contribution in [0, 0.1) is 0 Å². The highest BCUT2D eigenvalue weighted by Gasteiger charge is 2.23. The largest absolute Gasteiger partial charge is 0.508 e. The zero-order chi connectivity index (χ0) is 14.0. The van der Waals surface area contributed by atoms with Gasteiger partial charge in [-0.05, 0) is 12.1 Å². The lowest BCUT2D eigenvalue weighted by Gasteiger charge is -2.08. The molecule has 0 unspecified atom stereocenters. The second kappa shape index (κ2) is 4.58. The van der Waals surface area contributed by atoms with Gasteiger partial charge in [0.2, 0.25) is 0 Å². The van der Waals surface area contributed by atoms with E-state index in [2.05, 4.69) is 6.58 Å². The van der Waals surface area contributed by atoms with E-state index in [-0.39, 0.29) is 5.56 Å². The van der Waals surface area contributed by atoms with Gasteiger partial charge in [0.25, 0.3) is 0 Å². The highest BCUT2D eigenvalue weighted by molar-refractivity contribution is 6.05.